The van der Waals surface area contributed by atoms with Crippen molar-refractivity contribution >= 4 is 34.9 Å². The Morgan fingerprint density at radius 2 is 2.13 bits per heavy atom. The summed E-state index contributed by atoms with van der Waals surface area (Å²) < 4.78 is 4.56. The van der Waals surface area contributed by atoms with Crippen molar-refractivity contribution in [2.75, 3.05) is 19.5 Å². The predicted octanol–water partition coefficient (Wildman–Crippen LogP) is 2.75. The molecule has 0 radical (unpaired) electrons. The smallest absolute Gasteiger partial charge is 0.310 e. The first-order valence-corrected chi connectivity index (χ1v) is 5.07. The lowest BCUT2D eigenvalue weighted by Crippen LogP contribution is -2.06. The second kappa shape index (κ2) is 5.24. The van der Waals surface area contributed by atoms with Crippen molar-refractivity contribution in [1.82, 2.24) is 0 Å². The van der Waals surface area contributed by atoms with Crippen molar-refractivity contribution in [2.45, 2.75) is 6.42 Å². The van der Waals surface area contributed by atoms with Crippen LogP contribution < -0.4 is 5.32 Å². The second-order valence-corrected chi connectivity index (χ2v) is 3.68. The molecule has 0 aliphatic carbocycles. The molecule has 0 saturated carbocycles. The third-order valence-corrected chi connectivity index (χ3v) is 2.79. The van der Waals surface area contributed by atoms with Crippen LogP contribution in [0.15, 0.2) is 12.1 Å². The van der Waals surface area contributed by atoms with Gasteiger partial charge in [0.15, 0.2) is 0 Å². The van der Waals surface area contributed by atoms with E-state index in [-0.39, 0.29) is 12.4 Å². The Bertz CT molecular complexity index is 380. The van der Waals surface area contributed by atoms with Crippen LogP contribution in [0.5, 0.6) is 0 Å². The van der Waals surface area contributed by atoms with Crippen LogP contribution in [0.3, 0.4) is 0 Å². The van der Waals surface area contributed by atoms with Crippen LogP contribution in [0.4, 0.5) is 5.69 Å². The number of anilines is 1. The third kappa shape index (κ3) is 2.76. The van der Waals surface area contributed by atoms with Gasteiger partial charge in [-0.1, -0.05) is 23.2 Å². The van der Waals surface area contributed by atoms with Crippen molar-refractivity contribution in [3.63, 3.8) is 0 Å². The van der Waals surface area contributed by atoms with E-state index in [1.54, 1.807) is 19.2 Å². The number of ether oxygens (including phenoxy) is 1. The van der Waals surface area contributed by atoms with Gasteiger partial charge in [-0.2, -0.15) is 0 Å². The molecule has 0 fully saturated rings. The van der Waals surface area contributed by atoms with E-state index in [2.05, 4.69) is 10.1 Å². The monoisotopic (exact) mass is 247 g/mol. The summed E-state index contributed by atoms with van der Waals surface area (Å²) in [5, 5.41) is 3.83. The average molecular weight is 248 g/mol. The van der Waals surface area contributed by atoms with E-state index in [1.165, 1.54) is 7.11 Å². The van der Waals surface area contributed by atoms with E-state index in [0.717, 1.165) is 5.69 Å². The highest BCUT2D eigenvalue weighted by Gasteiger charge is 2.13. The van der Waals surface area contributed by atoms with E-state index in [0.29, 0.717) is 15.6 Å². The van der Waals surface area contributed by atoms with Gasteiger partial charge in [-0.25, -0.2) is 0 Å². The highest BCUT2D eigenvalue weighted by Crippen LogP contribution is 2.31. The van der Waals surface area contributed by atoms with E-state index >= 15 is 0 Å². The minimum absolute atomic E-state index is 0.0731. The van der Waals surface area contributed by atoms with Crippen LogP contribution in [0.1, 0.15) is 5.56 Å². The molecule has 3 nitrogen and oxygen atoms in total. The number of nitrogens with one attached hydrogen (secondary N) is 1. The van der Waals surface area contributed by atoms with Crippen molar-refractivity contribution in [3.05, 3.63) is 27.7 Å². The minimum Gasteiger partial charge on any atom is -0.469 e. The Labute approximate surface area is 98.3 Å². The number of esters is 1. The lowest BCUT2D eigenvalue weighted by Gasteiger charge is -2.10. The minimum atomic E-state index is -0.368. The zero-order valence-corrected chi connectivity index (χ0v) is 9.95. The summed E-state index contributed by atoms with van der Waals surface area (Å²) in [6, 6.07) is 3.45. The number of benzene rings is 1. The van der Waals surface area contributed by atoms with E-state index in [4.69, 9.17) is 23.2 Å². The van der Waals surface area contributed by atoms with E-state index < -0.39 is 0 Å². The van der Waals surface area contributed by atoms with Gasteiger partial charge in [0, 0.05) is 17.6 Å². The quantitative estimate of drug-likeness (QED) is 0.836. The summed E-state index contributed by atoms with van der Waals surface area (Å²) in [7, 11) is 3.07. The number of methoxy groups -OCH3 is 1. The Morgan fingerprint density at radius 3 is 2.67 bits per heavy atom. The van der Waals surface area contributed by atoms with Gasteiger partial charge in [0.1, 0.15) is 0 Å². The molecule has 1 aromatic carbocycles. The third-order valence-electron chi connectivity index (χ3n) is 2.00. The summed E-state index contributed by atoms with van der Waals surface area (Å²) in [6.07, 6.45) is 0.0731. The number of hydrogen-bond donors (Lipinski definition) is 1. The number of hydrogen-bond acceptors (Lipinski definition) is 3. The molecule has 0 spiro atoms. The predicted molar refractivity (Wildman–Crippen MR) is 61.7 cm³/mol. The Kier molecular flexibility index (Phi) is 4.24. The summed E-state index contributed by atoms with van der Waals surface area (Å²) in [5.74, 6) is -0.368. The maximum atomic E-state index is 11.1. The lowest BCUT2D eigenvalue weighted by atomic mass is 10.1. The SMILES string of the molecule is CNc1ccc(Cl)c(CC(=O)OC)c1Cl. The van der Waals surface area contributed by atoms with Crippen molar-refractivity contribution in [1.29, 1.82) is 0 Å². The largest absolute Gasteiger partial charge is 0.469 e. The highest BCUT2D eigenvalue weighted by atomic mass is 35.5. The zero-order chi connectivity index (χ0) is 11.4. The maximum absolute atomic E-state index is 11.1. The van der Waals surface area contributed by atoms with Crippen molar-refractivity contribution < 1.29 is 9.53 Å². The molecule has 0 unspecified atom stereocenters. The molecule has 1 N–H and O–H groups in total. The summed E-state index contributed by atoms with van der Waals surface area (Å²) in [4.78, 5) is 11.1. The van der Waals surface area contributed by atoms with Crippen LogP contribution in [0.25, 0.3) is 0 Å². The fraction of sp³-hybridized carbons (Fsp3) is 0.300. The Balaban J connectivity index is 3.09. The first-order valence-electron chi connectivity index (χ1n) is 4.31. The molecule has 0 amide bonds. The lowest BCUT2D eigenvalue weighted by molar-refractivity contribution is -0.139. The van der Waals surface area contributed by atoms with Crippen LogP contribution in [-0.4, -0.2) is 20.1 Å². The molecule has 0 saturated heterocycles. The van der Waals surface area contributed by atoms with Crippen LogP contribution in [0, 0.1) is 0 Å². The second-order valence-electron chi connectivity index (χ2n) is 2.89. The highest BCUT2D eigenvalue weighted by molar-refractivity contribution is 6.38. The zero-order valence-electron chi connectivity index (χ0n) is 8.43. The molecule has 1 rings (SSSR count). The summed E-state index contributed by atoms with van der Waals surface area (Å²) in [5.41, 5.74) is 1.32. The molecular formula is C10H11Cl2NO2. The van der Waals surface area contributed by atoms with Crippen molar-refractivity contribution in [2.24, 2.45) is 0 Å². The molecule has 0 bridgehead atoms. The molecule has 82 valence electrons. The van der Waals surface area contributed by atoms with Gasteiger partial charge < -0.3 is 10.1 Å². The standard InChI is InChI=1S/C10H11Cl2NO2/c1-13-8-4-3-7(11)6(10(8)12)5-9(14)15-2/h3-4,13H,5H2,1-2H3. The number of carbonyl (C=O) groups is 1. The van der Waals surface area contributed by atoms with Gasteiger partial charge in [0.05, 0.1) is 24.2 Å². The normalized spacial score (nSPS) is 9.87. The fourth-order valence-electron chi connectivity index (χ4n) is 1.17. The van der Waals surface area contributed by atoms with Gasteiger partial charge in [-0.3, -0.25) is 4.79 Å². The molecule has 15 heavy (non-hydrogen) atoms. The van der Waals surface area contributed by atoms with E-state index in [1.807, 2.05) is 0 Å². The molecule has 0 heterocycles. The Morgan fingerprint density at radius 1 is 1.47 bits per heavy atom. The maximum Gasteiger partial charge on any atom is 0.310 e. The number of carbonyl (C=O) groups excluding carboxylic acids is 1. The van der Waals surface area contributed by atoms with Gasteiger partial charge in [-0.05, 0) is 12.1 Å². The Hall–Kier alpha value is -0.930. The molecule has 1 aromatic rings. The van der Waals surface area contributed by atoms with Gasteiger partial charge >= 0.3 is 5.97 Å². The van der Waals surface area contributed by atoms with E-state index in [9.17, 15) is 4.79 Å². The molecule has 0 atom stereocenters. The van der Waals surface area contributed by atoms with Crippen LogP contribution in [0.2, 0.25) is 10.0 Å². The summed E-state index contributed by atoms with van der Waals surface area (Å²) in [6.45, 7) is 0. The number of halogens is 2. The molecule has 0 aromatic heterocycles. The van der Waals surface area contributed by atoms with Gasteiger partial charge in [0.25, 0.3) is 0 Å². The molecule has 0 aliphatic heterocycles. The van der Waals surface area contributed by atoms with Gasteiger partial charge in [-0.15, -0.1) is 0 Å². The van der Waals surface area contributed by atoms with Crippen molar-refractivity contribution in [3.8, 4) is 0 Å². The summed E-state index contributed by atoms with van der Waals surface area (Å²) >= 11 is 12.0. The first-order chi connectivity index (χ1) is 7.10. The van der Waals surface area contributed by atoms with Crippen LogP contribution >= 0.6 is 23.2 Å². The molecular weight excluding hydrogens is 237 g/mol. The van der Waals surface area contributed by atoms with Crippen LogP contribution in [-0.2, 0) is 16.0 Å². The molecule has 5 heteroatoms. The number of rotatable bonds is 3. The average Bonchev–Trinajstić information content (AvgIpc) is 2.24. The molecule has 0 aliphatic rings. The topological polar surface area (TPSA) is 38.3 Å². The first kappa shape index (κ1) is 12.1. The van der Waals surface area contributed by atoms with Gasteiger partial charge in [0.2, 0.25) is 0 Å². The fourth-order valence-corrected chi connectivity index (χ4v) is 1.77.